The third kappa shape index (κ3) is 4.39. The first kappa shape index (κ1) is 21.4. The molecule has 0 aliphatic carbocycles. The molecule has 32 heavy (non-hydrogen) atoms. The van der Waals surface area contributed by atoms with Gasteiger partial charge in [-0.05, 0) is 56.4 Å². The van der Waals surface area contributed by atoms with Crippen LogP contribution in [0, 0.1) is 6.92 Å². The first-order chi connectivity index (χ1) is 15.6. The number of benzene rings is 1. The van der Waals surface area contributed by atoms with Gasteiger partial charge in [0.15, 0.2) is 0 Å². The van der Waals surface area contributed by atoms with Crippen LogP contribution in [0.1, 0.15) is 41.6 Å². The van der Waals surface area contributed by atoms with Gasteiger partial charge in [0.1, 0.15) is 0 Å². The highest BCUT2D eigenvalue weighted by Gasteiger charge is 2.43. The molecule has 3 saturated heterocycles. The van der Waals surface area contributed by atoms with E-state index in [9.17, 15) is 4.79 Å². The van der Waals surface area contributed by atoms with Crippen LogP contribution in [0.15, 0.2) is 48.8 Å². The Bertz CT molecular complexity index is 918. The lowest BCUT2D eigenvalue weighted by atomic mass is 9.81. The minimum atomic E-state index is -0.0692. The van der Waals surface area contributed by atoms with Crippen molar-refractivity contribution in [3.8, 4) is 0 Å². The van der Waals surface area contributed by atoms with Crippen LogP contribution in [0.25, 0.3) is 0 Å². The average Bonchev–Trinajstić information content (AvgIpc) is 2.85. The molecule has 2 aromatic rings. The third-order valence-electron chi connectivity index (χ3n) is 7.65. The Labute approximate surface area is 191 Å². The number of aryl methyl sites for hydroxylation is 1. The topological polar surface area (TPSA) is 48.9 Å². The number of hydrogen-bond acceptors (Lipinski definition) is 5. The minimum Gasteiger partial charge on any atom is -0.375 e. The Morgan fingerprint density at radius 1 is 1.03 bits per heavy atom. The minimum absolute atomic E-state index is 0.0692. The van der Waals surface area contributed by atoms with E-state index in [1.54, 1.807) is 12.4 Å². The second-order valence-electron chi connectivity index (χ2n) is 9.52. The molecule has 1 amide bonds. The van der Waals surface area contributed by atoms with Gasteiger partial charge in [-0.2, -0.15) is 0 Å². The van der Waals surface area contributed by atoms with Crippen molar-refractivity contribution in [2.45, 2.75) is 44.2 Å². The van der Waals surface area contributed by atoms with Gasteiger partial charge in [-0.3, -0.25) is 14.7 Å². The lowest BCUT2D eigenvalue weighted by molar-refractivity contribution is -0.130. The van der Waals surface area contributed by atoms with Crippen molar-refractivity contribution in [3.63, 3.8) is 0 Å². The molecular formula is C26H34N4O2. The van der Waals surface area contributed by atoms with Crippen molar-refractivity contribution in [1.82, 2.24) is 14.8 Å². The highest BCUT2D eigenvalue weighted by atomic mass is 16.5. The largest absolute Gasteiger partial charge is 0.375 e. The molecule has 3 aliphatic rings. The normalized spacial score (nSPS) is 24.0. The van der Waals surface area contributed by atoms with Gasteiger partial charge in [-0.15, -0.1) is 0 Å². The number of amides is 1. The van der Waals surface area contributed by atoms with Gasteiger partial charge in [0.2, 0.25) is 0 Å². The maximum atomic E-state index is 13.0. The molecule has 1 aromatic heterocycles. The molecule has 0 radical (unpaired) electrons. The number of hydrogen-bond donors (Lipinski definition) is 0. The standard InChI is InChI=1S/C26H34N4O2/c1-21-7-11-27-20-24(21)25(31)30-12-9-26(10-13-30)19-23(8-18-32-26)29-16-14-28(15-17-29)22-5-3-2-4-6-22/h2-7,11,20,23H,8-10,12-19H2,1H3. The molecule has 0 N–H and O–H groups in total. The number of piperazine rings is 1. The van der Waals surface area contributed by atoms with Gasteiger partial charge in [-0.25, -0.2) is 0 Å². The van der Waals surface area contributed by atoms with E-state index in [2.05, 4.69) is 45.1 Å². The van der Waals surface area contributed by atoms with Crippen LogP contribution in [0.2, 0.25) is 0 Å². The maximum absolute atomic E-state index is 13.0. The predicted octanol–water partition coefficient (Wildman–Crippen LogP) is 3.37. The Kier molecular flexibility index (Phi) is 6.15. The number of carbonyl (C=O) groups excluding carboxylic acids is 1. The van der Waals surface area contributed by atoms with Crippen molar-refractivity contribution < 1.29 is 9.53 Å². The van der Waals surface area contributed by atoms with E-state index >= 15 is 0 Å². The summed E-state index contributed by atoms with van der Waals surface area (Å²) in [6.45, 7) is 8.73. The maximum Gasteiger partial charge on any atom is 0.255 e. The molecule has 1 spiro atoms. The summed E-state index contributed by atoms with van der Waals surface area (Å²) in [4.78, 5) is 24.3. The van der Waals surface area contributed by atoms with Crippen LogP contribution >= 0.6 is 0 Å². The quantitative estimate of drug-likeness (QED) is 0.741. The second kappa shape index (κ2) is 9.20. The van der Waals surface area contributed by atoms with Crippen molar-refractivity contribution in [2.75, 3.05) is 50.8 Å². The molecule has 6 heteroatoms. The molecule has 5 rings (SSSR count). The Morgan fingerprint density at radius 2 is 1.78 bits per heavy atom. The van der Waals surface area contributed by atoms with Crippen LogP contribution in [0.4, 0.5) is 5.69 Å². The number of rotatable bonds is 3. The fraction of sp³-hybridized carbons (Fsp3) is 0.538. The smallest absolute Gasteiger partial charge is 0.255 e. The molecule has 1 atom stereocenters. The van der Waals surface area contributed by atoms with Crippen LogP contribution in [0.5, 0.6) is 0 Å². The van der Waals surface area contributed by atoms with Gasteiger partial charge in [0.25, 0.3) is 5.91 Å². The van der Waals surface area contributed by atoms with Gasteiger partial charge in [-0.1, -0.05) is 18.2 Å². The van der Waals surface area contributed by atoms with Gasteiger partial charge in [0.05, 0.1) is 11.2 Å². The molecule has 4 heterocycles. The van der Waals surface area contributed by atoms with Crippen LogP contribution < -0.4 is 4.90 Å². The van der Waals surface area contributed by atoms with E-state index in [1.165, 1.54) is 5.69 Å². The lowest BCUT2D eigenvalue weighted by Crippen LogP contribution is -2.57. The fourth-order valence-electron chi connectivity index (χ4n) is 5.62. The molecule has 170 valence electrons. The van der Waals surface area contributed by atoms with Crippen molar-refractivity contribution in [1.29, 1.82) is 0 Å². The molecule has 0 saturated carbocycles. The van der Waals surface area contributed by atoms with Gasteiger partial charge >= 0.3 is 0 Å². The van der Waals surface area contributed by atoms with Crippen molar-refractivity contribution in [2.24, 2.45) is 0 Å². The highest BCUT2D eigenvalue weighted by molar-refractivity contribution is 5.95. The monoisotopic (exact) mass is 434 g/mol. The summed E-state index contributed by atoms with van der Waals surface area (Å²) in [5.41, 5.74) is 2.98. The second-order valence-corrected chi connectivity index (χ2v) is 9.52. The number of anilines is 1. The van der Waals surface area contributed by atoms with Gasteiger partial charge < -0.3 is 14.5 Å². The number of nitrogens with zero attached hydrogens (tertiary/aromatic N) is 4. The summed E-state index contributed by atoms with van der Waals surface area (Å²) in [5, 5.41) is 0. The van der Waals surface area contributed by atoms with E-state index in [4.69, 9.17) is 4.74 Å². The molecular weight excluding hydrogens is 400 g/mol. The molecule has 6 nitrogen and oxygen atoms in total. The predicted molar refractivity (Wildman–Crippen MR) is 126 cm³/mol. The average molecular weight is 435 g/mol. The summed E-state index contributed by atoms with van der Waals surface area (Å²) >= 11 is 0. The van der Waals surface area contributed by atoms with E-state index in [0.29, 0.717) is 6.04 Å². The molecule has 3 fully saturated rings. The van der Waals surface area contributed by atoms with Crippen LogP contribution in [0.3, 0.4) is 0 Å². The Morgan fingerprint density at radius 3 is 2.50 bits per heavy atom. The number of carbonyl (C=O) groups is 1. The Hall–Kier alpha value is -2.44. The highest BCUT2D eigenvalue weighted by Crippen LogP contribution is 2.37. The lowest BCUT2D eigenvalue weighted by Gasteiger charge is -2.50. The number of pyridine rings is 1. The first-order valence-corrected chi connectivity index (χ1v) is 12.0. The van der Waals surface area contributed by atoms with Crippen molar-refractivity contribution in [3.05, 3.63) is 59.9 Å². The zero-order valence-electron chi connectivity index (χ0n) is 19.1. The van der Waals surface area contributed by atoms with Crippen LogP contribution in [-0.4, -0.2) is 78.2 Å². The number of para-hydroxylation sites is 1. The first-order valence-electron chi connectivity index (χ1n) is 12.0. The summed E-state index contributed by atoms with van der Waals surface area (Å²) in [6, 6.07) is 13.2. The fourth-order valence-corrected chi connectivity index (χ4v) is 5.62. The molecule has 1 aromatic carbocycles. The molecule has 3 aliphatic heterocycles. The SMILES string of the molecule is Cc1ccncc1C(=O)N1CCC2(CC1)CC(N1CCN(c3ccccc3)CC1)CCO2. The summed E-state index contributed by atoms with van der Waals surface area (Å²) in [5.74, 6) is 0.106. The van der Waals surface area contributed by atoms with Crippen molar-refractivity contribution >= 4 is 11.6 Å². The van der Waals surface area contributed by atoms with Gasteiger partial charge in [0, 0.05) is 70.0 Å². The zero-order chi connectivity index (χ0) is 22.0. The summed E-state index contributed by atoms with van der Waals surface area (Å²) < 4.78 is 6.39. The zero-order valence-corrected chi connectivity index (χ0v) is 19.1. The summed E-state index contributed by atoms with van der Waals surface area (Å²) in [7, 11) is 0. The number of likely N-dealkylation sites (tertiary alicyclic amines) is 1. The Balaban J connectivity index is 1.16. The van der Waals surface area contributed by atoms with E-state index < -0.39 is 0 Å². The van der Waals surface area contributed by atoms with E-state index in [-0.39, 0.29) is 11.5 Å². The summed E-state index contributed by atoms with van der Waals surface area (Å²) in [6.07, 6.45) is 7.51. The van der Waals surface area contributed by atoms with E-state index in [0.717, 1.165) is 82.7 Å². The number of ether oxygens (including phenoxy) is 1. The molecule has 1 unspecified atom stereocenters. The number of piperidine rings is 1. The third-order valence-corrected chi connectivity index (χ3v) is 7.65. The van der Waals surface area contributed by atoms with E-state index in [1.807, 2.05) is 17.9 Å². The molecule has 0 bridgehead atoms. The number of aromatic nitrogens is 1. The van der Waals surface area contributed by atoms with Crippen LogP contribution in [-0.2, 0) is 4.74 Å².